The number of allylic oxidation sites excluding steroid dienone is 1. The summed E-state index contributed by atoms with van der Waals surface area (Å²) in [5.74, 6) is 1.46. The van der Waals surface area contributed by atoms with Gasteiger partial charge in [0, 0.05) is 49.5 Å². The molecule has 4 rings (SSSR count). The quantitative estimate of drug-likeness (QED) is 0.0385. The Labute approximate surface area is 291 Å². The van der Waals surface area contributed by atoms with Gasteiger partial charge in [-0.15, -0.1) is 6.58 Å². The van der Waals surface area contributed by atoms with Crippen LogP contribution < -0.4 is 20.7 Å². The standard InChI is InChI=1S/C18H17N3O2.C16H32N2O5.C3H6/c1-10-4-3-5-12(6-10)19-18-14-7-11-8-16(23-2)15(22)9-13(11)17(14)20-21-18;1-2-3-5-12-23-16(20)18-9-4-6-10-21-13-14-22-11-7-8-17-15-19;1-3-2/h3-6,8-9,22H,7H2,1-2H3,(H2,19,20,21);15H,2-14H2,1H3,(H,17,19)(H,18,20);3H,1H2,2H3. The molecule has 1 aliphatic carbocycles. The van der Waals surface area contributed by atoms with E-state index < -0.39 is 0 Å². The van der Waals surface area contributed by atoms with Gasteiger partial charge in [-0.2, -0.15) is 5.10 Å². The van der Waals surface area contributed by atoms with Crippen molar-refractivity contribution in [1.29, 1.82) is 0 Å². The number of aromatic amines is 1. The molecular weight excluding hydrogens is 626 g/mol. The monoisotopic (exact) mass is 681 g/mol. The highest BCUT2D eigenvalue weighted by atomic mass is 16.5. The first-order valence-corrected chi connectivity index (χ1v) is 17.0. The van der Waals surface area contributed by atoms with E-state index in [2.05, 4.69) is 58.7 Å². The van der Waals surface area contributed by atoms with Crippen LogP contribution in [0.5, 0.6) is 11.5 Å². The fourth-order valence-electron chi connectivity index (χ4n) is 4.81. The van der Waals surface area contributed by atoms with E-state index in [1.807, 2.05) is 25.1 Å². The van der Waals surface area contributed by atoms with Crippen LogP contribution >= 0.6 is 0 Å². The smallest absolute Gasteiger partial charge is 0.407 e. The Morgan fingerprint density at radius 2 is 1.76 bits per heavy atom. The van der Waals surface area contributed by atoms with Crippen LogP contribution in [-0.2, 0) is 25.4 Å². The van der Waals surface area contributed by atoms with Crippen molar-refractivity contribution in [3.63, 3.8) is 0 Å². The number of nitrogens with zero attached hydrogens (tertiary/aromatic N) is 1. The van der Waals surface area contributed by atoms with Crippen LogP contribution in [0.1, 0.15) is 69.1 Å². The number of alkyl carbamates (subject to hydrolysis) is 1. The number of benzene rings is 2. The van der Waals surface area contributed by atoms with E-state index in [9.17, 15) is 14.7 Å². The topological polar surface area (TPSA) is 156 Å². The van der Waals surface area contributed by atoms with Gasteiger partial charge in [-0.25, -0.2) is 4.79 Å². The molecule has 2 amide bonds. The molecule has 0 atom stereocenters. The predicted octanol–water partition coefficient (Wildman–Crippen LogP) is 6.79. The number of hydrogen-bond acceptors (Lipinski definition) is 9. The van der Waals surface area contributed by atoms with Crippen LogP contribution in [0.3, 0.4) is 0 Å². The van der Waals surface area contributed by atoms with E-state index in [1.54, 1.807) is 19.3 Å². The number of carbonyl (C=O) groups is 2. The van der Waals surface area contributed by atoms with Gasteiger partial charge in [-0.3, -0.25) is 9.89 Å². The summed E-state index contributed by atoms with van der Waals surface area (Å²) >= 11 is 0. The number of aromatic hydroxyl groups is 1. The third kappa shape index (κ3) is 15.5. The molecule has 0 unspecified atom stereocenters. The number of aryl methyl sites for hydroxylation is 1. The summed E-state index contributed by atoms with van der Waals surface area (Å²) < 4.78 is 21.0. The van der Waals surface area contributed by atoms with Gasteiger partial charge in [-0.1, -0.05) is 38.0 Å². The molecule has 49 heavy (non-hydrogen) atoms. The SMILES string of the molecule is C=CC.CCCCCOC(=O)NCCCCOCCOCCCNC=O.COc1cc2c(cc1O)-c1[nH]nc(Nc3cccc(C)c3)c1C2. The van der Waals surface area contributed by atoms with Crippen molar-refractivity contribution in [2.45, 2.75) is 65.7 Å². The van der Waals surface area contributed by atoms with Gasteiger partial charge in [0.15, 0.2) is 17.3 Å². The highest BCUT2D eigenvalue weighted by Gasteiger charge is 2.26. The van der Waals surface area contributed by atoms with Gasteiger partial charge in [0.25, 0.3) is 0 Å². The number of carbonyl (C=O) groups excluding carboxylic acids is 2. The molecule has 0 radical (unpaired) electrons. The number of aromatic nitrogens is 2. The minimum absolute atomic E-state index is 0.141. The molecule has 5 N–H and O–H groups in total. The summed E-state index contributed by atoms with van der Waals surface area (Å²) in [4.78, 5) is 21.3. The largest absolute Gasteiger partial charge is 0.504 e. The van der Waals surface area contributed by atoms with Crippen molar-refractivity contribution in [1.82, 2.24) is 20.8 Å². The maximum Gasteiger partial charge on any atom is 0.407 e. The van der Waals surface area contributed by atoms with E-state index >= 15 is 0 Å². The van der Waals surface area contributed by atoms with Gasteiger partial charge in [0.05, 0.1) is 32.6 Å². The molecule has 2 aromatic carbocycles. The third-order valence-electron chi connectivity index (χ3n) is 7.22. The summed E-state index contributed by atoms with van der Waals surface area (Å²) in [6, 6.07) is 11.8. The number of H-pyrrole nitrogens is 1. The van der Waals surface area contributed by atoms with Gasteiger partial charge >= 0.3 is 6.09 Å². The fraction of sp³-hybridized carbons (Fsp3) is 0.486. The second-order valence-corrected chi connectivity index (χ2v) is 11.3. The van der Waals surface area contributed by atoms with Crippen molar-refractivity contribution in [3.8, 4) is 22.8 Å². The van der Waals surface area contributed by atoms with Crippen molar-refractivity contribution in [3.05, 3.63) is 65.7 Å². The number of rotatable bonds is 20. The Morgan fingerprint density at radius 3 is 2.45 bits per heavy atom. The van der Waals surface area contributed by atoms with E-state index in [0.29, 0.717) is 58.3 Å². The molecule has 0 spiro atoms. The number of phenols is 1. The maximum absolute atomic E-state index is 11.3. The van der Waals surface area contributed by atoms with Crippen LogP contribution in [0.4, 0.5) is 16.3 Å². The molecule has 1 aliphatic rings. The van der Waals surface area contributed by atoms with E-state index in [-0.39, 0.29) is 11.8 Å². The van der Waals surface area contributed by atoms with Crippen LogP contribution in [0.25, 0.3) is 11.3 Å². The number of phenolic OH excluding ortho intramolecular Hbond substituents is 1. The Hall–Kier alpha value is -4.55. The molecular formula is C37H55N5O7. The van der Waals surface area contributed by atoms with Crippen molar-refractivity contribution in [2.24, 2.45) is 0 Å². The van der Waals surface area contributed by atoms with Gasteiger partial charge < -0.3 is 40.0 Å². The number of nitrogens with one attached hydrogen (secondary N) is 4. The lowest BCUT2D eigenvalue weighted by atomic mass is 10.1. The minimum Gasteiger partial charge on any atom is -0.504 e. The first-order chi connectivity index (χ1) is 23.9. The van der Waals surface area contributed by atoms with Crippen LogP contribution in [0.15, 0.2) is 49.1 Å². The molecule has 0 bridgehead atoms. The van der Waals surface area contributed by atoms with Crippen molar-refractivity contribution < 1.29 is 33.6 Å². The minimum atomic E-state index is -0.334. The van der Waals surface area contributed by atoms with Crippen molar-refractivity contribution >= 4 is 24.0 Å². The number of fused-ring (bicyclic) bond motifs is 3. The summed E-state index contributed by atoms with van der Waals surface area (Å²) in [5.41, 5.74) is 6.36. The van der Waals surface area contributed by atoms with Crippen LogP contribution in [0.2, 0.25) is 0 Å². The van der Waals surface area contributed by atoms with Crippen LogP contribution in [0, 0.1) is 6.92 Å². The van der Waals surface area contributed by atoms with E-state index in [1.165, 1.54) is 5.56 Å². The van der Waals surface area contributed by atoms with E-state index in [4.69, 9.17) is 18.9 Å². The number of ether oxygens (including phenoxy) is 4. The number of unbranched alkanes of at least 4 members (excludes halogenated alkanes) is 3. The molecule has 12 nitrogen and oxygen atoms in total. The lowest BCUT2D eigenvalue weighted by molar-refractivity contribution is -0.109. The molecule has 0 saturated carbocycles. The number of amides is 2. The fourth-order valence-corrected chi connectivity index (χ4v) is 4.81. The van der Waals surface area contributed by atoms with Crippen LogP contribution in [-0.4, -0.2) is 81.0 Å². The summed E-state index contributed by atoms with van der Waals surface area (Å²) in [6.45, 7) is 13.6. The number of hydrogen-bond donors (Lipinski definition) is 5. The number of anilines is 2. The summed E-state index contributed by atoms with van der Waals surface area (Å²) in [5, 5.41) is 26.1. The Balaban J connectivity index is 0.000000315. The molecule has 12 heteroatoms. The molecule has 1 aromatic heterocycles. The summed E-state index contributed by atoms with van der Waals surface area (Å²) in [7, 11) is 1.56. The Bertz CT molecular complexity index is 1400. The highest BCUT2D eigenvalue weighted by Crippen LogP contribution is 2.44. The zero-order valence-electron chi connectivity index (χ0n) is 29.6. The summed E-state index contributed by atoms with van der Waals surface area (Å²) in [6.07, 6.45) is 8.54. The van der Waals surface area contributed by atoms with Gasteiger partial charge in [-0.05, 0) is 74.9 Å². The maximum atomic E-state index is 11.3. The van der Waals surface area contributed by atoms with E-state index in [0.717, 1.165) is 78.8 Å². The van der Waals surface area contributed by atoms with Gasteiger partial charge in [0.2, 0.25) is 6.41 Å². The zero-order valence-corrected chi connectivity index (χ0v) is 29.6. The third-order valence-corrected chi connectivity index (χ3v) is 7.22. The molecule has 0 aliphatic heterocycles. The molecule has 270 valence electrons. The second kappa shape index (κ2) is 24.6. The highest BCUT2D eigenvalue weighted by molar-refractivity contribution is 5.81. The average molecular weight is 682 g/mol. The lowest BCUT2D eigenvalue weighted by Crippen LogP contribution is -2.25. The van der Waals surface area contributed by atoms with Crippen molar-refractivity contribution in [2.75, 3.05) is 58.6 Å². The molecule has 1 heterocycles. The Morgan fingerprint density at radius 1 is 1.02 bits per heavy atom. The lowest BCUT2D eigenvalue weighted by Gasteiger charge is -2.07. The number of methoxy groups -OCH3 is 1. The van der Waals surface area contributed by atoms with Gasteiger partial charge in [0.1, 0.15) is 0 Å². The molecule has 0 saturated heterocycles. The molecule has 3 aromatic rings. The Kier molecular flexibility index (Phi) is 20.4. The average Bonchev–Trinajstić information content (AvgIpc) is 3.64. The zero-order chi connectivity index (χ0) is 35.7. The first-order valence-electron chi connectivity index (χ1n) is 17.0. The normalized spacial score (nSPS) is 10.7. The second-order valence-electron chi connectivity index (χ2n) is 11.3. The predicted molar refractivity (Wildman–Crippen MR) is 194 cm³/mol. The first kappa shape index (κ1) is 40.6. The molecule has 0 fully saturated rings.